The molecule has 6 nitrogen and oxygen atoms in total. The highest BCUT2D eigenvalue weighted by Gasteiger charge is 2.51. The van der Waals surface area contributed by atoms with Crippen molar-refractivity contribution in [1.29, 1.82) is 0 Å². The Hall–Kier alpha value is -1.99. The number of anilines is 1. The summed E-state index contributed by atoms with van der Waals surface area (Å²) in [5.41, 5.74) is 2.32. The van der Waals surface area contributed by atoms with Gasteiger partial charge < -0.3 is 24.1 Å². The number of hydrogen-bond donors (Lipinski definition) is 1. The van der Waals surface area contributed by atoms with Gasteiger partial charge in [-0.1, -0.05) is 12.1 Å². The van der Waals surface area contributed by atoms with Crippen molar-refractivity contribution >= 4 is 24.9 Å². The summed E-state index contributed by atoms with van der Waals surface area (Å²) in [5.74, 6) is 0.583. The molecule has 1 fully saturated rings. The van der Waals surface area contributed by atoms with Crippen LogP contribution in [0.5, 0.6) is 5.75 Å². The van der Waals surface area contributed by atoms with E-state index in [0.717, 1.165) is 22.5 Å². The minimum absolute atomic E-state index is 0.0421. The van der Waals surface area contributed by atoms with Crippen LogP contribution < -0.4 is 10.1 Å². The van der Waals surface area contributed by atoms with E-state index >= 15 is 0 Å². The zero-order valence-corrected chi connectivity index (χ0v) is 17.6. The fraction of sp³-hybridized carbons (Fsp3) is 0.571. The van der Waals surface area contributed by atoms with Crippen LogP contribution >= 0.6 is 0 Å². The van der Waals surface area contributed by atoms with E-state index in [1.165, 1.54) is 7.11 Å². The van der Waals surface area contributed by atoms with Gasteiger partial charge >= 0.3 is 13.1 Å². The van der Waals surface area contributed by atoms with Gasteiger partial charge in [0.1, 0.15) is 11.9 Å². The molecule has 1 N–H and O–H groups in total. The number of esters is 1. The second-order valence-corrected chi connectivity index (χ2v) is 8.47. The van der Waals surface area contributed by atoms with E-state index in [1.807, 2.05) is 19.1 Å². The molecule has 1 atom stereocenters. The smallest absolute Gasteiger partial charge is 0.486 e. The van der Waals surface area contributed by atoms with Crippen LogP contribution in [-0.2, 0) is 18.8 Å². The van der Waals surface area contributed by atoms with Crippen molar-refractivity contribution in [2.45, 2.75) is 64.8 Å². The van der Waals surface area contributed by atoms with Gasteiger partial charge in [0.2, 0.25) is 0 Å². The van der Waals surface area contributed by atoms with Crippen molar-refractivity contribution in [3.05, 3.63) is 29.2 Å². The Kier molecular flexibility index (Phi) is 5.78. The first-order valence-corrected chi connectivity index (χ1v) is 9.76. The zero-order valence-electron chi connectivity index (χ0n) is 17.6. The lowest BCUT2D eigenvalue weighted by molar-refractivity contribution is -0.141. The molecular formula is C21H30BNO5. The first-order chi connectivity index (χ1) is 13.1. The standard InChI is InChI=1S/C21H30BNO5/c1-14(22-27-20(2,3)21(4,5)28-22)11-15-7-9-18-17(12-15)23-13-16(26-18)8-10-19(24)25-6/h7,9,11-12,16,23H,8,10,13H2,1-6H3. The number of nitrogens with one attached hydrogen (secondary N) is 1. The molecule has 0 saturated carbocycles. The Morgan fingerprint density at radius 3 is 2.61 bits per heavy atom. The molecule has 0 spiro atoms. The molecule has 0 aliphatic carbocycles. The van der Waals surface area contributed by atoms with Gasteiger partial charge in [0.25, 0.3) is 0 Å². The third-order valence-corrected chi connectivity index (χ3v) is 5.73. The van der Waals surface area contributed by atoms with E-state index in [9.17, 15) is 4.79 Å². The fourth-order valence-corrected chi connectivity index (χ4v) is 3.23. The molecule has 2 aliphatic heterocycles. The summed E-state index contributed by atoms with van der Waals surface area (Å²) < 4.78 is 22.9. The maximum Gasteiger partial charge on any atom is 0.490 e. The molecule has 3 rings (SSSR count). The molecule has 0 amide bonds. The highest BCUT2D eigenvalue weighted by Crippen LogP contribution is 2.39. The number of allylic oxidation sites excluding steroid dienone is 1. The van der Waals surface area contributed by atoms with Gasteiger partial charge in [0, 0.05) is 6.42 Å². The summed E-state index contributed by atoms with van der Waals surface area (Å²) in [6.45, 7) is 10.9. The summed E-state index contributed by atoms with van der Waals surface area (Å²) in [4.78, 5) is 11.3. The van der Waals surface area contributed by atoms with Crippen LogP contribution in [0.4, 0.5) is 5.69 Å². The van der Waals surface area contributed by atoms with Crippen molar-refractivity contribution < 1.29 is 23.6 Å². The average Bonchev–Trinajstić information content (AvgIpc) is 2.87. The van der Waals surface area contributed by atoms with Gasteiger partial charge in [0.05, 0.1) is 30.5 Å². The highest BCUT2D eigenvalue weighted by atomic mass is 16.7. The number of methoxy groups -OCH3 is 1. The lowest BCUT2D eigenvalue weighted by Gasteiger charge is -2.32. The van der Waals surface area contributed by atoms with Gasteiger partial charge in [-0.3, -0.25) is 4.79 Å². The lowest BCUT2D eigenvalue weighted by Crippen LogP contribution is -2.41. The van der Waals surface area contributed by atoms with E-state index in [4.69, 9.17) is 14.0 Å². The Bertz CT molecular complexity index is 758. The maximum atomic E-state index is 11.3. The number of ether oxygens (including phenoxy) is 2. The number of carbonyl (C=O) groups is 1. The Morgan fingerprint density at radius 1 is 1.29 bits per heavy atom. The predicted octanol–water partition coefficient (Wildman–Crippen LogP) is 3.85. The summed E-state index contributed by atoms with van der Waals surface area (Å²) in [6, 6.07) is 6.02. The number of benzene rings is 1. The van der Waals surface area contributed by atoms with Gasteiger partial charge in [-0.05, 0) is 64.2 Å². The van der Waals surface area contributed by atoms with Crippen molar-refractivity contribution in [3.8, 4) is 5.75 Å². The monoisotopic (exact) mass is 387 g/mol. The molecule has 1 unspecified atom stereocenters. The van der Waals surface area contributed by atoms with Gasteiger partial charge in [0.15, 0.2) is 0 Å². The van der Waals surface area contributed by atoms with Crippen molar-refractivity contribution in [2.75, 3.05) is 19.0 Å². The molecule has 152 valence electrons. The first-order valence-electron chi connectivity index (χ1n) is 9.76. The number of hydrogen-bond acceptors (Lipinski definition) is 6. The predicted molar refractivity (Wildman–Crippen MR) is 110 cm³/mol. The Morgan fingerprint density at radius 2 is 1.96 bits per heavy atom. The summed E-state index contributed by atoms with van der Waals surface area (Å²) in [6.07, 6.45) is 3.01. The normalized spacial score (nSPS) is 22.9. The minimum Gasteiger partial charge on any atom is -0.486 e. The van der Waals surface area contributed by atoms with Gasteiger partial charge in [-0.15, -0.1) is 0 Å². The van der Waals surface area contributed by atoms with E-state index in [0.29, 0.717) is 19.4 Å². The van der Waals surface area contributed by atoms with Crippen LogP contribution in [-0.4, -0.2) is 44.0 Å². The molecule has 28 heavy (non-hydrogen) atoms. The van der Waals surface area contributed by atoms with Crippen LogP contribution in [0, 0.1) is 0 Å². The zero-order chi connectivity index (χ0) is 20.5. The lowest BCUT2D eigenvalue weighted by atomic mass is 9.78. The molecule has 2 heterocycles. The molecule has 0 radical (unpaired) electrons. The molecule has 1 aromatic carbocycles. The average molecular weight is 387 g/mol. The Balaban J connectivity index is 1.66. The molecule has 2 aliphatic rings. The topological polar surface area (TPSA) is 66.0 Å². The molecular weight excluding hydrogens is 357 g/mol. The van der Waals surface area contributed by atoms with Crippen LogP contribution in [0.25, 0.3) is 6.08 Å². The second-order valence-electron chi connectivity index (χ2n) is 8.47. The molecule has 1 aromatic rings. The van der Waals surface area contributed by atoms with Crippen LogP contribution in [0.2, 0.25) is 0 Å². The molecule has 0 bridgehead atoms. The van der Waals surface area contributed by atoms with E-state index in [2.05, 4.69) is 49.9 Å². The quantitative estimate of drug-likeness (QED) is 0.612. The maximum absolute atomic E-state index is 11.3. The van der Waals surface area contributed by atoms with Crippen LogP contribution in [0.1, 0.15) is 53.0 Å². The molecule has 7 heteroatoms. The second kappa shape index (κ2) is 7.80. The summed E-state index contributed by atoms with van der Waals surface area (Å²) in [7, 11) is 1.05. The van der Waals surface area contributed by atoms with Crippen molar-refractivity contribution in [3.63, 3.8) is 0 Å². The summed E-state index contributed by atoms with van der Waals surface area (Å²) >= 11 is 0. The van der Waals surface area contributed by atoms with Gasteiger partial charge in [-0.25, -0.2) is 0 Å². The van der Waals surface area contributed by atoms with E-state index in [1.54, 1.807) is 0 Å². The number of fused-ring (bicyclic) bond motifs is 1. The van der Waals surface area contributed by atoms with E-state index < -0.39 is 0 Å². The molecule has 0 aromatic heterocycles. The van der Waals surface area contributed by atoms with Crippen LogP contribution in [0.15, 0.2) is 23.7 Å². The third kappa shape index (κ3) is 4.36. The Labute approximate surface area is 167 Å². The van der Waals surface area contributed by atoms with Gasteiger partial charge in [-0.2, -0.15) is 0 Å². The number of rotatable bonds is 5. The highest BCUT2D eigenvalue weighted by molar-refractivity contribution is 6.55. The number of carbonyl (C=O) groups excluding carboxylic acids is 1. The fourth-order valence-electron chi connectivity index (χ4n) is 3.23. The van der Waals surface area contributed by atoms with Crippen molar-refractivity contribution in [2.24, 2.45) is 0 Å². The SMILES string of the molecule is COC(=O)CCC1CNc2cc(C=C(C)B3OC(C)(C)C(C)(C)O3)ccc2O1. The summed E-state index contributed by atoms with van der Waals surface area (Å²) in [5, 5.41) is 3.39. The van der Waals surface area contributed by atoms with E-state index in [-0.39, 0.29) is 30.4 Å². The minimum atomic E-state index is -0.354. The third-order valence-electron chi connectivity index (χ3n) is 5.73. The van der Waals surface area contributed by atoms with Crippen LogP contribution in [0.3, 0.4) is 0 Å². The first kappa shape index (κ1) is 20.7. The van der Waals surface area contributed by atoms with Crippen molar-refractivity contribution in [1.82, 2.24) is 0 Å². The molecule has 1 saturated heterocycles. The largest absolute Gasteiger partial charge is 0.490 e.